The molecule has 0 aromatic carbocycles. The van der Waals surface area contributed by atoms with Crippen LogP contribution in [-0.4, -0.2) is 21.6 Å². The van der Waals surface area contributed by atoms with Crippen LogP contribution in [0.4, 0.5) is 5.95 Å². The number of ether oxygens (including phenoxy) is 1. The summed E-state index contributed by atoms with van der Waals surface area (Å²) in [5.41, 5.74) is 5.45. The van der Waals surface area contributed by atoms with E-state index in [0.717, 1.165) is 12.8 Å². The van der Waals surface area contributed by atoms with Crippen molar-refractivity contribution < 1.29 is 4.74 Å². The molecule has 0 aliphatic heterocycles. The van der Waals surface area contributed by atoms with Gasteiger partial charge in [-0.2, -0.15) is 15.0 Å². The van der Waals surface area contributed by atoms with Crippen molar-refractivity contribution in [2.45, 2.75) is 39.5 Å². The van der Waals surface area contributed by atoms with Crippen LogP contribution >= 0.6 is 11.6 Å². The largest absolute Gasteiger partial charge is 0.463 e. The molecule has 6 heteroatoms. The Morgan fingerprint density at radius 3 is 2.65 bits per heavy atom. The van der Waals surface area contributed by atoms with E-state index in [9.17, 15) is 0 Å². The van der Waals surface area contributed by atoms with Gasteiger partial charge in [0.25, 0.3) is 0 Å². The quantitative estimate of drug-likeness (QED) is 0.814. The second kappa shape index (κ2) is 7.27. The number of nitrogen functional groups attached to an aromatic ring is 1. The molecule has 1 rings (SSSR count). The Kier molecular flexibility index (Phi) is 5.97. The highest BCUT2D eigenvalue weighted by atomic mass is 35.5. The molecule has 5 nitrogen and oxygen atoms in total. The van der Waals surface area contributed by atoms with E-state index in [2.05, 4.69) is 28.8 Å². The summed E-state index contributed by atoms with van der Waals surface area (Å²) < 4.78 is 5.49. The molecule has 1 unspecified atom stereocenters. The van der Waals surface area contributed by atoms with Gasteiger partial charge in [-0.1, -0.05) is 33.1 Å². The minimum atomic E-state index is 0.0640. The van der Waals surface area contributed by atoms with Crippen LogP contribution in [0.2, 0.25) is 5.28 Å². The van der Waals surface area contributed by atoms with Gasteiger partial charge in [-0.05, 0) is 23.9 Å². The van der Waals surface area contributed by atoms with Crippen molar-refractivity contribution in [3.05, 3.63) is 5.28 Å². The molecule has 17 heavy (non-hydrogen) atoms. The van der Waals surface area contributed by atoms with E-state index in [4.69, 9.17) is 22.1 Å². The molecule has 0 aliphatic carbocycles. The first-order chi connectivity index (χ1) is 8.15. The summed E-state index contributed by atoms with van der Waals surface area (Å²) in [6.45, 7) is 4.93. The minimum absolute atomic E-state index is 0.0640. The molecule has 0 saturated heterocycles. The van der Waals surface area contributed by atoms with Crippen LogP contribution < -0.4 is 10.5 Å². The average molecular weight is 259 g/mol. The third-order valence-corrected chi connectivity index (χ3v) is 2.77. The first-order valence-corrected chi connectivity index (χ1v) is 6.33. The Balaban J connectivity index is 2.47. The maximum atomic E-state index is 5.66. The van der Waals surface area contributed by atoms with E-state index in [1.165, 1.54) is 12.8 Å². The molecular weight excluding hydrogens is 240 g/mol. The van der Waals surface area contributed by atoms with Crippen molar-refractivity contribution in [2.75, 3.05) is 12.3 Å². The van der Waals surface area contributed by atoms with Crippen LogP contribution in [0.15, 0.2) is 0 Å². The zero-order chi connectivity index (χ0) is 12.7. The number of rotatable bonds is 7. The van der Waals surface area contributed by atoms with Crippen LogP contribution in [0.3, 0.4) is 0 Å². The second-order valence-corrected chi connectivity index (χ2v) is 4.31. The lowest BCUT2D eigenvalue weighted by atomic mass is 10.0. The smallest absolute Gasteiger partial charge is 0.322 e. The van der Waals surface area contributed by atoms with Crippen molar-refractivity contribution in [3.8, 4) is 6.01 Å². The minimum Gasteiger partial charge on any atom is -0.463 e. The van der Waals surface area contributed by atoms with E-state index in [1.807, 2.05) is 0 Å². The molecule has 0 radical (unpaired) electrons. The summed E-state index contributed by atoms with van der Waals surface area (Å²) in [5.74, 6) is 0.605. The fourth-order valence-electron chi connectivity index (χ4n) is 1.50. The zero-order valence-corrected chi connectivity index (χ0v) is 11.1. The molecule has 1 atom stereocenters. The average Bonchev–Trinajstić information content (AvgIpc) is 2.28. The molecule has 0 saturated carbocycles. The Hall–Kier alpha value is -1.10. The van der Waals surface area contributed by atoms with Gasteiger partial charge in [-0.3, -0.25) is 0 Å². The van der Waals surface area contributed by atoms with Crippen molar-refractivity contribution in [3.63, 3.8) is 0 Å². The topological polar surface area (TPSA) is 73.9 Å². The molecule has 1 aromatic heterocycles. The highest BCUT2D eigenvalue weighted by Gasteiger charge is 2.09. The number of nitrogens with zero attached hydrogens (tertiary/aromatic N) is 3. The number of halogens is 1. The van der Waals surface area contributed by atoms with Crippen molar-refractivity contribution in [1.82, 2.24) is 15.0 Å². The van der Waals surface area contributed by atoms with Crippen molar-refractivity contribution in [2.24, 2.45) is 5.92 Å². The molecule has 0 amide bonds. The highest BCUT2D eigenvalue weighted by Crippen LogP contribution is 2.15. The molecule has 2 N–H and O–H groups in total. The molecule has 0 fully saturated rings. The van der Waals surface area contributed by atoms with Crippen LogP contribution in [0.5, 0.6) is 6.01 Å². The number of aromatic nitrogens is 3. The normalized spacial score (nSPS) is 12.4. The molecule has 1 aromatic rings. The first-order valence-electron chi connectivity index (χ1n) is 5.95. The van der Waals surface area contributed by atoms with Crippen LogP contribution in [0.25, 0.3) is 0 Å². The maximum Gasteiger partial charge on any atom is 0.322 e. The molecule has 1 heterocycles. The van der Waals surface area contributed by atoms with Gasteiger partial charge in [0.15, 0.2) is 0 Å². The number of hydrogen-bond acceptors (Lipinski definition) is 5. The SMILES string of the molecule is CCCCC(CC)COc1nc(N)nc(Cl)n1. The fraction of sp³-hybridized carbons (Fsp3) is 0.727. The van der Waals surface area contributed by atoms with E-state index in [0.29, 0.717) is 12.5 Å². The summed E-state index contributed by atoms with van der Waals surface area (Å²) in [7, 11) is 0. The summed E-state index contributed by atoms with van der Waals surface area (Å²) in [6.07, 6.45) is 4.64. The van der Waals surface area contributed by atoms with E-state index >= 15 is 0 Å². The summed E-state index contributed by atoms with van der Waals surface area (Å²) in [5, 5.41) is 0.0640. The van der Waals surface area contributed by atoms with E-state index in [1.54, 1.807) is 0 Å². The maximum absolute atomic E-state index is 5.66. The van der Waals surface area contributed by atoms with Gasteiger partial charge in [-0.15, -0.1) is 0 Å². The van der Waals surface area contributed by atoms with Crippen LogP contribution in [0.1, 0.15) is 39.5 Å². The monoisotopic (exact) mass is 258 g/mol. The number of nitrogens with two attached hydrogens (primary N) is 1. The van der Waals surface area contributed by atoms with Crippen LogP contribution in [-0.2, 0) is 0 Å². The van der Waals surface area contributed by atoms with E-state index in [-0.39, 0.29) is 17.2 Å². The Bertz CT molecular complexity index is 328. The lowest BCUT2D eigenvalue weighted by Crippen LogP contribution is -2.13. The van der Waals surface area contributed by atoms with Gasteiger partial charge < -0.3 is 10.5 Å². The predicted octanol–water partition coefficient (Wildman–Crippen LogP) is 2.70. The summed E-state index contributed by atoms with van der Waals surface area (Å²) in [6, 6.07) is 0.206. The lowest BCUT2D eigenvalue weighted by Gasteiger charge is -2.14. The number of hydrogen-bond donors (Lipinski definition) is 1. The fourth-order valence-corrected chi connectivity index (χ4v) is 1.66. The number of anilines is 1. The van der Waals surface area contributed by atoms with Gasteiger partial charge in [-0.25, -0.2) is 0 Å². The highest BCUT2D eigenvalue weighted by molar-refractivity contribution is 6.28. The van der Waals surface area contributed by atoms with Crippen molar-refractivity contribution in [1.29, 1.82) is 0 Å². The van der Waals surface area contributed by atoms with Gasteiger partial charge in [0.05, 0.1) is 6.61 Å². The predicted molar refractivity (Wildman–Crippen MR) is 68.1 cm³/mol. The standard InChI is InChI=1S/C11H19ClN4O/c1-3-5-6-8(4-2)7-17-11-15-9(12)14-10(13)16-11/h8H,3-7H2,1-2H3,(H2,13,14,15,16). The van der Waals surface area contributed by atoms with Gasteiger partial charge in [0.1, 0.15) is 0 Å². The van der Waals surface area contributed by atoms with Gasteiger partial charge in [0, 0.05) is 0 Å². The molecule has 0 spiro atoms. The first kappa shape index (κ1) is 14.0. The zero-order valence-electron chi connectivity index (χ0n) is 10.3. The Morgan fingerprint density at radius 1 is 1.29 bits per heavy atom. The molecule has 0 bridgehead atoms. The summed E-state index contributed by atoms with van der Waals surface area (Å²) in [4.78, 5) is 11.4. The number of unbranched alkanes of at least 4 members (excludes halogenated alkanes) is 1. The van der Waals surface area contributed by atoms with Crippen molar-refractivity contribution >= 4 is 17.5 Å². The third-order valence-electron chi connectivity index (χ3n) is 2.60. The molecule has 96 valence electrons. The Labute approximate surface area is 107 Å². The second-order valence-electron chi connectivity index (χ2n) is 3.97. The third kappa shape index (κ3) is 5.17. The molecule has 0 aliphatic rings. The lowest BCUT2D eigenvalue weighted by molar-refractivity contribution is 0.217. The van der Waals surface area contributed by atoms with Crippen LogP contribution in [0, 0.1) is 5.92 Å². The van der Waals surface area contributed by atoms with E-state index < -0.39 is 0 Å². The van der Waals surface area contributed by atoms with Gasteiger partial charge in [0.2, 0.25) is 11.2 Å². The molecular formula is C11H19ClN4O. The Morgan fingerprint density at radius 2 is 2.06 bits per heavy atom. The summed E-state index contributed by atoms with van der Waals surface area (Å²) >= 11 is 5.66. The van der Waals surface area contributed by atoms with Gasteiger partial charge >= 0.3 is 6.01 Å².